The number of thiazole rings is 1. The highest BCUT2D eigenvalue weighted by atomic mass is 32.1. The number of carboxylic acid groups (broad SMARTS) is 1. The molecule has 0 aliphatic carbocycles. The molecule has 0 radical (unpaired) electrons. The summed E-state index contributed by atoms with van der Waals surface area (Å²) in [6.45, 7) is 0.395. The van der Waals surface area contributed by atoms with Crippen LogP contribution in [0.1, 0.15) is 11.4 Å². The zero-order valence-corrected chi connectivity index (χ0v) is 11.9. The first-order valence-electron chi connectivity index (χ1n) is 6.26. The first-order chi connectivity index (χ1) is 10.1. The summed E-state index contributed by atoms with van der Waals surface area (Å²) >= 11 is 1.49. The highest BCUT2D eigenvalue weighted by Crippen LogP contribution is 2.01. The number of amides is 2. The number of nitrogens with zero attached hydrogens (tertiary/aromatic N) is 2. The van der Waals surface area contributed by atoms with Gasteiger partial charge >= 0.3 is 12.0 Å². The summed E-state index contributed by atoms with van der Waals surface area (Å²) in [7, 11) is 0. The van der Waals surface area contributed by atoms with Gasteiger partial charge < -0.3 is 20.7 Å². The maximum Gasteiger partial charge on any atom is 0.326 e. The van der Waals surface area contributed by atoms with Crippen molar-refractivity contribution in [1.82, 2.24) is 25.6 Å². The van der Waals surface area contributed by atoms with Crippen LogP contribution < -0.4 is 10.6 Å². The molecule has 0 saturated heterocycles. The molecule has 0 aromatic carbocycles. The summed E-state index contributed by atoms with van der Waals surface area (Å²) in [6.07, 6.45) is 3.74. The molecular formula is C12H15N5O3S. The maximum atomic E-state index is 11.7. The van der Waals surface area contributed by atoms with E-state index in [2.05, 4.69) is 25.6 Å². The number of aliphatic carboxylic acids is 1. The summed E-state index contributed by atoms with van der Waals surface area (Å²) < 4.78 is 0. The van der Waals surface area contributed by atoms with Gasteiger partial charge in [-0.2, -0.15) is 0 Å². The predicted octanol–water partition coefficient (Wildman–Crippen LogP) is 0.404. The smallest absolute Gasteiger partial charge is 0.326 e. The van der Waals surface area contributed by atoms with Gasteiger partial charge in [0.15, 0.2) is 0 Å². The summed E-state index contributed by atoms with van der Waals surface area (Å²) in [5.74, 6) is -1.10. The van der Waals surface area contributed by atoms with Crippen LogP contribution in [0.4, 0.5) is 4.79 Å². The van der Waals surface area contributed by atoms with Crippen molar-refractivity contribution in [2.45, 2.75) is 18.9 Å². The number of hydrogen-bond donors (Lipinski definition) is 4. The van der Waals surface area contributed by atoms with Crippen LogP contribution in [0.2, 0.25) is 0 Å². The van der Waals surface area contributed by atoms with E-state index < -0.39 is 18.0 Å². The Hall–Kier alpha value is -2.42. The molecule has 0 unspecified atom stereocenters. The monoisotopic (exact) mass is 309 g/mol. The molecular weight excluding hydrogens is 294 g/mol. The fourth-order valence-corrected chi connectivity index (χ4v) is 2.28. The van der Waals surface area contributed by atoms with Gasteiger partial charge in [-0.25, -0.2) is 19.6 Å². The van der Waals surface area contributed by atoms with Gasteiger partial charge in [-0.3, -0.25) is 0 Å². The summed E-state index contributed by atoms with van der Waals surface area (Å²) in [4.78, 5) is 33.5. The van der Waals surface area contributed by atoms with Crippen molar-refractivity contribution in [1.29, 1.82) is 0 Å². The van der Waals surface area contributed by atoms with Gasteiger partial charge in [-0.15, -0.1) is 11.3 Å². The number of hydrogen-bond acceptors (Lipinski definition) is 5. The van der Waals surface area contributed by atoms with Gasteiger partial charge in [0, 0.05) is 36.7 Å². The minimum absolute atomic E-state index is 0.148. The second kappa shape index (κ2) is 7.39. The number of carbonyl (C=O) groups is 2. The Morgan fingerprint density at radius 2 is 2.33 bits per heavy atom. The molecule has 2 amide bonds. The number of imidazole rings is 1. The van der Waals surface area contributed by atoms with Gasteiger partial charge in [-0.1, -0.05) is 0 Å². The van der Waals surface area contributed by atoms with E-state index >= 15 is 0 Å². The van der Waals surface area contributed by atoms with Crippen molar-refractivity contribution < 1.29 is 14.7 Å². The third-order valence-corrected chi connectivity index (χ3v) is 3.37. The fourth-order valence-electron chi connectivity index (χ4n) is 1.69. The number of aromatic nitrogens is 3. The zero-order chi connectivity index (χ0) is 15.1. The SMILES string of the molecule is O=C(NCCc1cscn1)N[C@@H](Cc1cnc[nH]1)C(=O)O. The average Bonchev–Trinajstić information content (AvgIpc) is 3.10. The molecule has 2 aromatic rings. The Morgan fingerprint density at radius 1 is 1.48 bits per heavy atom. The Morgan fingerprint density at radius 3 is 2.95 bits per heavy atom. The number of urea groups is 1. The van der Waals surface area contributed by atoms with Gasteiger partial charge in [0.25, 0.3) is 0 Å². The van der Waals surface area contributed by atoms with Crippen molar-refractivity contribution >= 4 is 23.3 Å². The highest BCUT2D eigenvalue weighted by molar-refractivity contribution is 7.07. The Balaban J connectivity index is 1.76. The van der Waals surface area contributed by atoms with Gasteiger partial charge in [-0.05, 0) is 0 Å². The molecule has 9 heteroatoms. The van der Waals surface area contributed by atoms with Crippen LogP contribution in [0.5, 0.6) is 0 Å². The van der Waals surface area contributed by atoms with Crippen LogP contribution in [-0.2, 0) is 17.6 Å². The highest BCUT2D eigenvalue weighted by Gasteiger charge is 2.20. The fraction of sp³-hybridized carbons (Fsp3) is 0.333. The molecule has 0 aliphatic heterocycles. The van der Waals surface area contributed by atoms with E-state index in [1.807, 2.05) is 5.38 Å². The molecule has 8 nitrogen and oxygen atoms in total. The molecule has 21 heavy (non-hydrogen) atoms. The van der Waals surface area contributed by atoms with E-state index in [0.717, 1.165) is 5.69 Å². The molecule has 0 aliphatic rings. The number of H-pyrrole nitrogens is 1. The first kappa shape index (κ1) is 15.0. The van der Waals surface area contributed by atoms with Gasteiger partial charge in [0.05, 0.1) is 17.5 Å². The molecule has 112 valence electrons. The van der Waals surface area contributed by atoms with Crippen LogP contribution in [0.15, 0.2) is 23.4 Å². The van der Waals surface area contributed by atoms with Crippen molar-refractivity contribution in [2.24, 2.45) is 0 Å². The Labute approximate surface area is 124 Å². The Bertz CT molecular complexity index is 570. The molecule has 0 spiro atoms. The number of carboxylic acids is 1. The number of aromatic amines is 1. The predicted molar refractivity (Wildman–Crippen MR) is 76.1 cm³/mol. The minimum Gasteiger partial charge on any atom is -0.480 e. The lowest BCUT2D eigenvalue weighted by Gasteiger charge is -2.14. The minimum atomic E-state index is -1.10. The molecule has 2 heterocycles. The number of nitrogens with one attached hydrogen (secondary N) is 3. The topological polar surface area (TPSA) is 120 Å². The normalized spacial score (nSPS) is 11.8. The zero-order valence-electron chi connectivity index (χ0n) is 11.1. The number of rotatable bonds is 7. The van der Waals surface area contributed by atoms with Crippen LogP contribution in [0.25, 0.3) is 0 Å². The lowest BCUT2D eigenvalue weighted by molar-refractivity contribution is -0.139. The third kappa shape index (κ3) is 4.88. The van der Waals surface area contributed by atoms with E-state index in [0.29, 0.717) is 18.7 Å². The van der Waals surface area contributed by atoms with E-state index in [-0.39, 0.29) is 6.42 Å². The molecule has 4 N–H and O–H groups in total. The van der Waals surface area contributed by atoms with E-state index in [9.17, 15) is 9.59 Å². The molecule has 0 saturated carbocycles. The summed E-state index contributed by atoms with van der Waals surface area (Å²) in [5, 5.41) is 16.0. The van der Waals surface area contributed by atoms with Crippen molar-refractivity contribution in [3.63, 3.8) is 0 Å². The average molecular weight is 309 g/mol. The van der Waals surface area contributed by atoms with Crippen LogP contribution in [-0.4, -0.2) is 44.6 Å². The maximum absolute atomic E-state index is 11.7. The quantitative estimate of drug-likeness (QED) is 0.590. The standard InChI is InChI=1S/C12H15N5O3S/c18-11(19)10(3-9-4-13-6-15-9)17-12(20)14-2-1-8-5-21-7-16-8/h4-7,10H,1-3H2,(H,13,15)(H,18,19)(H2,14,17,20)/t10-/m0/s1. The van der Waals surface area contributed by atoms with Crippen LogP contribution in [0.3, 0.4) is 0 Å². The lowest BCUT2D eigenvalue weighted by atomic mass is 10.2. The van der Waals surface area contributed by atoms with E-state index in [1.54, 1.807) is 5.51 Å². The Kier molecular flexibility index (Phi) is 5.27. The van der Waals surface area contributed by atoms with Gasteiger partial charge in [0.1, 0.15) is 6.04 Å². The molecule has 2 aromatic heterocycles. The second-order valence-electron chi connectivity index (χ2n) is 4.30. The van der Waals surface area contributed by atoms with Crippen molar-refractivity contribution in [2.75, 3.05) is 6.54 Å². The molecule has 1 atom stereocenters. The summed E-state index contributed by atoms with van der Waals surface area (Å²) in [5.41, 5.74) is 3.26. The van der Waals surface area contributed by atoms with Crippen LogP contribution >= 0.6 is 11.3 Å². The van der Waals surface area contributed by atoms with Crippen molar-refractivity contribution in [3.05, 3.63) is 34.8 Å². The first-order valence-corrected chi connectivity index (χ1v) is 7.21. The third-order valence-electron chi connectivity index (χ3n) is 2.73. The van der Waals surface area contributed by atoms with Gasteiger partial charge in [0.2, 0.25) is 0 Å². The lowest BCUT2D eigenvalue weighted by Crippen LogP contribution is -2.47. The largest absolute Gasteiger partial charge is 0.480 e. The van der Waals surface area contributed by atoms with Crippen LogP contribution in [0, 0.1) is 0 Å². The molecule has 0 fully saturated rings. The summed E-state index contributed by atoms with van der Waals surface area (Å²) in [6, 6.07) is -1.53. The van der Waals surface area contributed by atoms with E-state index in [1.165, 1.54) is 23.9 Å². The number of carbonyl (C=O) groups excluding carboxylic acids is 1. The van der Waals surface area contributed by atoms with Crippen molar-refractivity contribution in [3.8, 4) is 0 Å². The second-order valence-corrected chi connectivity index (χ2v) is 5.02. The molecule has 0 bridgehead atoms. The molecule has 2 rings (SSSR count). The van der Waals surface area contributed by atoms with E-state index in [4.69, 9.17) is 5.11 Å².